The second-order valence-electron chi connectivity index (χ2n) is 5.91. The minimum Gasteiger partial charge on any atom is -0.380 e. The molecular weight excluding hydrogens is 312 g/mol. The largest absolute Gasteiger partial charge is 0.380 e. The molecule has 2 aromatic carbocycles. The molecule has 0 radical (unpaired) electrons. The first-order valence-corrected chi connectivity index (χ1v) is 7.64. The van der Waals surface area contributed by atoms with Crippen molar-refractivity contribution in [2.45, 2.75) is 31.8 Å². The molecule has 0 heterocycles. The second kappa shape index (κ2) is 5.68. The van der Waals surface area contributed by atoms with Gasteiger partial charge in [0.2, 0.25) is 0 Å². The molecule has 7 nitrogen and oxygen atoms in total. The summed E-state index contributed by atoms with van der Waals surface area (Å²) < 4.78 is 0. The topological polar surface area (TPSA) is 107 Å². The summed E-state index contributed by atoms with van der Waals surface area (Å²) in [5.74, 6) is 0. The molecule has 0 saturated heterocycles. The van der Waals surface area contributed by atoms with E-state index < -0.39 is 15.4 Å². The number of nitro benzene ring substituents is 2. The summed E-state index contributed by atoms with van der Waals surface area (Å²) >= 11 is 0. The fourth-order valence-corrected chi connectivity index (χ4v) is 3.36. The average molecular weight is 328 g/mol. The Morgan fingerprint density at radius 1 is 0.958 bits per heavy atom. The summed E-state index contributed by atoms with van der Waals surface area (Å²) in [5.41, 5.74) is 0.868. The quantitative estimate of drug-likeness (QED) is 0.687. The lowest BCUT2D eigenvalue weighted by Gasteiger charge is -2.29. The number of hydrogen-bond donors (Lipinski definition) is 1. The van der Waals surface area contributed by atoms with E-state index in [4.69, 9.17) is 0 Å². The van der Waals surface area contributed by atoms with Gasteiger partial charge in [-0.2, -0.15) is 0 Å². The third-order valence-electron chi connectivity index (χ3n) is 4.68. The van der Waals surface area contributed by atoms with E-state index in [-0.39, 0.29) is 17.8 Å². The summed E-state index contributed by atoms with van der Waals surface area (Å²) in [6.45, 7) is 1.76. The van der Waals surface area contributed by atoms with Gasteiger partial charge in [-0.3, -0.25) is 20.2 Å². The molecule has 0 aliphatic heterocycles. The molecule has 24 heavy (non-hydrogen) atoms. The molecule has 0 saturated carbocycles. The Balaban J connectivity index is 2.28. The number of fused-ring (bicyclic) bond motifs is 2. The van der Waals surface area contributed by atoms with E-state index in [1.54, 1.807) is 19.1 Å². The summed E-state index contributed by atoms with van der Waals surface area (Å²) in [6, 6.07) is 8.93. The van der Waals surface area contributed by atoms with Gasteiger partial charge >= 0.3 is 0 Å². The van der Waals surface area contributed by atoms with Crippen LogP contribution in [0.4, 0.5) is 11.4 Å². The van der Waals surface area contributed by atoms with Crippen LogP contribution in [0.1, 0.15) is 35.6 Å². The molecule has 0 atom stereocenters. The highest BCUT2D eigenvalue weighted by atomic mass is 16.6. The van der Waals surface area contributed by atoms with Crippen molar-refractivity contribution in [1.82, 2.24) is 0 Å². The maximum absolute atomic E-state index is 11.3. The van der Waals surface area contributed by atoms with Crippen LogP contribution in [-0.2, 0) is 18.4 Å². The van der Waals surface area contributed by atoms with Crippen molar-refractivity contribution in [3.05, 3.63) is 78.9 Å². The van der Waals surface area contributed by atoms with Crippen molar-refractivity contribution in [2.24, 2.45) is 0 Å². The Hall–Kier alpha value is -2.80. The standard InChI is InChI=1S/C17H16N2O5/c1-2-17(20)15-9-13(18(21)22)7-5-11(15)3-4-12-6-8-14(19(23)24)10-16(12)17/h5-10,20H,2-4H2,1H3. The summed E-state index contributed by atoms with van der Waals surface area (Å²) in [5, 5.41) is 33.5. The highest BCUT2D eigenvalue weighted by molar-refractivity contribution is 5.54. The normalized spacial score (nSPS) is 15.1. The van der Waals surface area contributed by atoms with Crippen molar-refractivity contribution in [3.8, 4) is 0 Å². The van der Waals surface area contributed by atoms with Gasteiger partial charge in [0.25, 0.3) is 11.4 Å². The van der Waals surface area contributed by atoms with Crippen LogP contribution in [-0.4, -0.2) is 15.0 Å². The van der Waals surface area contributed by atoms with Gasteiger partial charge in [-0.1, -0.05) is 19.1 Å². The van der Waals surface area contributed by atoms with Crippen molar-refractivity contribution in [3.63, 3.8) is 0 Å². The molecule has 0 fully saturated rings. The predicted octanol–water partition coefficient (Wildman–Crippen LogP) is 3.25. The second-order valence-corrected chi connectivity index (χ2v) is 5.91. The zero-order chi connectivity index (χ0) is 17.5. The molecule has 124 valence electrons. The molecular formula is C17H16N2O5. The molecule has 0 spiro atoms. The summed E-state index contributed by atoms with van der Waals surface area (Å²) in [4.78, 5) is 21.2. The predicted molar refractivity (Wildman–Crippen MR) is 86.9 cm³/mol. The van der Waals surface area contributed by atoms with Crippen LogP contribution in [0.25, 0.3) is 0 Å². The maximum Gasteiger partial charge on any atom is 0.269 e. The van der Waals surface area contributed by atoms with E-state index in [1.807, 2.05) is 0 Å². The number of hydrogen-bond acceptors (Lipinski definition) is 5. The van der Waals surface area contributed by atoms with Crippen LogP contribution < -0.4 is 0 Å². The van der Waals surface area contributed by atoms with Crippen LogP contribution in [0.2, 0.25) is 0 Å². The molecule has 0 unspecified atom stereocenters. The Bertz CT molecular complexity index is 781. The number of non-ortho nitro benzene ring substituents is 2. The van der Waals surface area contributed by atoms with E-state index >= 15 is 0 Å². The fourth-order valence-electron chi connectivity index (χ4n) is 3.36. The van der Waals surface area contributed by atoms with Gasteiger partial charge in [0.15, 0.2) is 0 Å². The number of rotatable bonds is 3. The third-order valence-corrected chi connectivity index (χ3v) is 4.68. The lowest BCUT2D eigenvalue weighted by molar-refractivity contribution is -0.385. The number of nitro groups is 2. The highest BCUT2D eigenvalue weighted by Crippen LogP contribution is 2.42. The summed E-state index contributed by atoms with van der Waals surface area (Å²) in [7, 11) is 0. The monoisotopic (exact) mass is 328 g/mol. The van der Waals surface area contributed by atoms with E-state index in [0.29, 0.717) is 24.0 Å². The van der Waals surface area contributed by atoms with Crippen molar-refractivity contribution >= 4 is 11.4 Å². The lowest BCUT2D eigenvalue weighted by atomic mass is 9.81. The molecule has 0 amide bonds. The highest BCUT2D eigenvalue weighted by Gasteiger charge is 2.37. The Kier molecular flexibility index (Phi) is 3.81. The number of nitrogens with zero attached hydrogens (tertiary/aromatic N) is 2. The molecule has 3 rings (SSSR count). The van der Waals surface area contributed by atoms with Crippen LogP contribution in [0.5, 0.6) is 0 Å². The molecule has 7 heteroatoms. The molecule has 0 bridgehead atoms. The van der Waals surface area contributed by atoms with Gasteiger partial charge in [-0.25, -0.2) is 0 Å². The SMILES string of the molecule is CCC1(O)c2cc([N+](=O)[O-])ccc2CCc2ccc([N+](=O)[O-])cc21. The Morgan fingerprint density at radius 2 is 1.38 bits per heavy atom. The maximum atomic E-state index is 11.3. The van der Waals surface area contributed by atoms with E-state index in [9.17, 15) is 25.3 Å². The minimum absolute atomic E-state index is 0.102. The van der Waals surface area contributed by atoms with Gasteiger partial charge in [0.1, 0.15) is 5.60 Å². The molecule has 1 aliphatic carbocycles. The Labute approximate surface area is 137 Å². The van der Waals surface area contributed by atoms with Crippen LogP contribution in [0.15, 0.2) is 36.4 Å². The van der Waals surface area contributed by atoms with Crippen LogP contribution in [0, 0.1) is 20.2 Å². The van der Waals surface area contributed by atoms with E-state index in [1.165, 1.54) is 24.3 Å². The number of aryl methyl sites for hydroxylation is 2. The molecule has 1 aliphatic rings. The van der Waals surface area contributed by atoms with E-state index in [0.717, 1.165) is 11.1 Å². The van der Waals surface area contributed by atoms with Gasteiger partial charge in [-0.15, -0.1) is 0 Å². The molecule has 2 aromatic rings. The number of aliphatic hydroxyl groups is 1. The fraction of sp³-hybridized carbons (Fsp3) is 0.294. The lowest BCUT2D eigenvalue weighted by Crippen LogP contribution is -2.28. The molecule has 0 aromatic heterocycles. The smallest absolute Gasteiger partial charge is 0.269 e. The summed E-state index contributed by atoms with van der Waals surface area (Å²) in [6.07, 6.45) is 1.48. The zero-order valence-electron chi connectivity index (χ0n) is 13.1. The van der Waals surface area contributed by atoms with Gasteiger partial charge in [-0.05, 0) is 41.5 Å². The van der Waals surface area contributed by atoms with Crippen molar-refractivity contribution < 1.29 is 15.0 Å². The average Bonchev–Trinajstić information content (AvgIpc) is 2.70. The minimum atomic E-state index is -1.49. The number of benzene rings is 2. The molecule has 1 N–H and O–H groups in total. The van der Waals surface area contributed by atoms with Gasteiger partial charge in [0, 0.05) is 24.3 Å². The van der Waals surface area contributed by atoms with Crippen molar-refractivity contribution in [1.29, 1.82) is 0 Å². The van der Waals surface area contributed by atoms with Crippen LogP contribution >= 0.6 is 0 Å². The van der Waals surface area contributed by atoms with Crippen molar-refractivity contribution in [2.75, 3.05) is 0 Å². The van der Waals surface area contributed by atoms with E-state index in [2.05, 4.69) is 0 Å². The first-order valence-electron chi connectivity index (χ1n) is 7.64. The van der Waals surface area contributed by atoms with Crippen LogP contribution in [0.3, 0.4) is 0 Å². The third kappa shape index (κ3) is 2.43. The van der Waals surface area contributed by atoms with Gasteiger partial charge in [0.05, 0.1) is 9.85 Å². The zero-order valence-corrected chi connectivity index (χ0v) is 13.1. The Morgan fingerprint density at radius 3 is 1.71 bits per heavy atom. The first kappa shape index (κ1) is 16.1. The van der Waals surface area contributed by atoms with Gasteiger partial charge < -0.3 is 5.11 Å². The first-order chi connectivity index (χ1) is 11.4.